The van der Waals surface area contributed by atoms with Gasteiger partial charge in [-0.05, 0) is 36.3 Å². The molecule has 1 fully saturated rings. The molecule has 1 N–H and O–H groups in total. The van der Waals surface area contributed by atoms with Gasteiger partial charge in [-0.15, -0.1) is 0 Å². The maximum absolute atomic E-state index is 10.8. The minimum atomic E-state index is -0.521. The Morgan fingerprint density at radius 3 is 3.05 bits per heavy atom. The van der Waals surface area contributed by atoms with Crippen LogP contribution >= 0.6 is 0 Å². The van der Waals surface area contributed by atoms with Crippen molar-refractivity contribution in [2.75, 3.05) is 6.61 Å². The van der Waals surface area contributed by atoms with Crippen LogP contribution < -0.4 is 0 Å². The lowest BCUT2D eigenvalue weighted by molar-refractivity contribution is -0.0730. The molecule has 1 aliphatic heterocycles. The van der Waals surface area contributed by atoms with E-state index >= 15 is 0 Å². The highest BCUT2D eigenvalue weighted by Gasteiger charge is 2.36. The Bertz CT molecular complexity index is 443. The molecule has 2 heteroatoms. The number of fused-ring (bicyclic) bond motifs is 1. The number of rotatable bonds is 2. The van der Waals surface area contributed by atoms with Crippen molar-refractivity contribution in [1.29, 1.82) is 0 Å². The molecule has 0 amide bonds. The van der Waals surface area contributed by atoms with Gasteiger partial charge >= 0.3 is 0 Å². The highest BCUT2D eigenvalue weighted by molar-refractivity contribution is 5.31. The van der Waals surface area contributed by atoms with E-state index in [1.165, 1.54) is 17.5 Å². The lowest BCUT2D eigenvalue weighted by Crippen LogP contribution is -2.37. The zero-order valence-electron chi connectivity index (χ0n) is 11.8. The summed E-state index contributed by atoms with van der Waals surface area (Å²) >= 11 is 0. The van der Waals surface area contributed by atoms with Crippen LogP contribution in [0.25, 0.3) is 0 Å². The monoisotopic (exact) mass is 260 g/mol. The van der Waals surface area contributed by atoms with Gasteiger partial charge in [-0.1, -0.05) is 44.0 Å². The minimum absolute atomic E-state index is 0.0836. The lowest BCUT2D eigenvalue weighted by atomic mass is 9.75. The number of ether oxygens (including phenoxy) is 1. The number of aliphatic hydroxyl groups is 1. The summed E-state index contributed by atoms with van der Waals surface area (Å²) in [6.07, 6.45) is 6.10. The van der Waals surface area contributed by atoms with E-state index in [9.17, 15) is 5.11 Å². The van der Waals surface area contributed by atoms with Crippen molar-refractivity contribution in [3.05, 3.63) is 35.4 Å². The number of benzene rings is 1. The second-order valence-electron chi connectivity index (χ2n) is 6.44. The summed E-state index contributed by atoms with van der Waals surface area (Å²) < 4.78 is 5.95. The summed E-state index contributed by atoms with van der Waals surface area (Å²) in [7, 11) is 0. The molecule has 3 rings (SSSR count). The van der Waals surface area contributed by atoms with E-state index < -0.39 is 5.60 Å². The third kappa shape index (κ3) is 2.85. The summed E-state index contributed by atoms with van der Waals surface area (Å²) in [6.45, 7) is 3.03. The fourth-order valence-electron chi connectivity index (χ4n) is 3.81. The van der Waals surface area contributed by atoms with Crippen LogP contribution in [0.3, 0.4) is 0 Å². The number of hydrogen-bond acceptors (Lipinski definition) is 2. The topological polar surface area (TPSA) is 29.5 Å². The maximum atomic E-state index is 10.8. The van der Waals surface area contributed by atoms with Crippen LogP contribution in [-0.4, -0.2) is 17.3 Å². The fourth-order valence-corrected chi connectivity index (χ4v) is 3.81. The molecule has 0 radical (unpaired) electrons. The standard InChI is InChI=1S/C17H24O2/c1-13-5-4-9-17(18,11-13)12-16-15-7-3-2-6-14(15)8-10-19-16/h2-3,6-7,13,16,18H,4-5,8-12H2,1H3. The molecule has 1 aromatic carbocycles. The Kier molecular flexibility index (Phi) is 3.64. The summed E-state index contributed by atoms with van der Waals surface area (Å²) in [5.41, 5.74) is 2.17. The molecule has 3 atom stereocenters. The lowest BCUT2D eigenvalue weighted by Gasteiger charge is -2.39. The maximum Gasteiger partial charge on any atom is 0.0855 e. The van der Waals surface area contributed by atoms with Crippen molar-refractivity contribution in [1.82, 2.24) is 0 Å². The summed E-state index contributed by atoms with van der Waals surface area (Å²) in [4.78, 5) is 0. The van der Waals surface area contributed by atoms with Crippen molar-refractivity contribution in [2.45, 2.75) is 57.2 Å². The van der Waals surface area contributed by atoms with Crippen LogP contribution in [0.1, 0.15) is 56.3 Å². The van der Waals surface area contributed by atoms with Crippen molar-refractivity contribution in [3.63, 3.8) is 0 Å². The van der Waals surface area contributed by atoms with Gasteiger partial charge in [0.1, 0.15) is 0 Å². The summed E-state index contributed by atoms with van der Waals surface area (Å²) in [6, 6.07) is 8.53. The first kappa shape index (κ1) is 13.1. The first-order valence-corrected chi connectivity index (χ1v) is 7.58. The van der Waals surface area contributed by atoms with Crippen molar-refractivity contribution >= 4 is 0 Å². The fraction of sp³-hybridized carbons (Fsp3) is 0.647. The van der Waals surface area contributed by atoms with E-state index in [4.69, 9.17) is 4.74 Å². The van der Waals surface area contributed by atoms with Crippen molar-refractivity contribution in [2.24, 2.45) is 5.92 Å². The second-order valence-corrected chi connectivity index (χ2v) is 6.44. The first-order chi connectivity index (χ1) is 9.16. The quantitative estimate of drug-likeness (QED) is 0.880. The second kappa shape index (κ2) is 5.26. The van der Waals surface area contributed by atoms with Crippen LogP contribution in [0, 0.1) is 5.92 Å². The van der Waals surface area contributed by atoms with Gasteiger partial charge in [0.05, 0.1) is 18.3 Å². The van der Waals surface area contributed by atoms with Gasteiger partial charge in [0.2, 0.25) is 0 Å². The van der Waals surface area contributed by atoms with E-state index in [0.717, 1.165) is 38.7 Å². The first-order valence-electron chi connectivity index (χ1n) is 7.58. The highest BCUT2D eigenvalue weighted by Crippen LogP contribution is 2.41. The Labute approximate surface area is 115 Å². The Hall–Kier alpha value is -0.860. The normalized spacial score (nSPS) is 34.8. The van der Waals surface area contributed by atoms with E-state index in [0.29, 0.717) is 5.92 Å². The van der Waals surface area contributed by atoms with Gasteiger partial charge in [-0.2, -0.15) is 0 Å². The van der Waals surface area contributed by atoms with Gasteiger partial charge in [-0.25, -0.2) is 0 Å². The van der Waals surface area contributed by atoms with E-state index in [1.807, 2.05) is 0 Å². The van der Waals surface area contributed by atoms with Crippen LogP contribution in [0.4, 0.5) is 0 Å². The van der Waals surface area contributed by atoms with Crippen LogP contribution in [0.15, 0.2) is 24.3 Å². The molecule has 0 bridgehead atoms. The van der Waals surface area contributed by atoms with Crippen LogP contribution in [0.2, 0.25) is 0 Å². The Morgan fingerprint density at radius 2 is 2.21 bits per heavy atom. The molecule has 2 nitrogen and oxygen atoms in total. The number of hydrogen-bond donors (Lipinski definition) is 1. The molecule has 0 saturated heterocycles. The molecular formula is C17H24O2. The predicted octanol–water partition coefficient (Wildman–Crippen LogP) is 3.63. The Morgan fingerprint density at radius 1 is 1.37 bits per heavy atom. The largest absolute Gasteiger partial charge is 0.390 e. The smallest absolute Gasteiger partial charge is 0.0855 e. The molecular weight excluding hydrogens is 236 g/mol. The molecule has 1 aromatic rings. The third-order valence-corrected chi connectivity index (χ3v) is 4.73. The molecule has 1 heterocycles. The predicted molar refractivity (Wildman–Crippen MR) is 76.0 cm³/mol. The molecule has 1 saturated carbocycles. The summed E-state index contributed by atoms with van der Waals surface area (Å²) in [5, 5.41) is 10.8. The van der Waals surface area contributed by atoms with E-state index in [1.54, 1.807) is 0 Å². The average Bonchev–Trinajstić information content (AvgIpc) is 2.38. The SMILES string of the molecule is CC1CCCC(O)(CC2OCCc3ccccc32)C1. The third-order valence-electron chi connectivity index (χ3n) is 4.73. The molecule has 1 aliphatic carbocycles. The Balaban J connectivity index is 1.77. The molecule has 3 unspecified atom stereocenters. The zero-order valence-corrected chi connectivity index (χ0v) is 11.8. The molecule has 2 aliphatic rings. The van der Waals surface area contributed by atoms with Crippen LogP contribution in [0.5, 0.6) is 0 Å². The van der Waals surface area contributed by atoms with Gasteiger partial charge in [0, 0.05) is 6.42 Å². The van der Waals surface area contributed by atoms with Crippen LogP contribution in [-0.2, 0) is 11.2 Å². The van der Waals surface area contributed by atoms with Gasteiger partial charge in [0.15, 0.2) is 0 Å². The van der Waals surface area contributed by atoms with Gasteiger partial charge < -0.3 is 9.84 Å². The molecule has 0 aromatic heterocycles. The van der Waals surface area contributed by atoms with E-state index in [-0.39, 0.29) is 6.10 Å². The van der Waals surface area contributed by atoms with Crippen molar-refractivity contribution in [3.8, 4) is 0 Å². The molecule has 104 valence electrons. The van der Waals surface area contributed by atoms with Gasteiger partial charge in [0.25, 0.3) is 0 Å². The van der Waals surface area contributed by atoms with Crippen molar-refractivity contribution < 1.29 is 9.84 Å². The zero-order chi connectivity index (χ0) is 13.3. The molecule has 0 spiro atoms. The molecule has 19 heavy (non-hydrogen) atoms. The van der Waals surface area contributed by atoms with E-state index in [2.05, 4.69) is 31.2 Å². The highest BCUT2D eigenvalue weighted by atomic mass is 16.5. The summed E-state index contributed by atoms with van der Waals surface area (Å²) in [5.74, 6) is 0.637. The average molecular weight is 260 g/mol. The van der Waals surface area contributed by atoms with Gasteiger partial charge in [-0.3, -0.25) is 0 Å². The minimum Gasteiger partial charge on any atom is -0.390 e.